The van der Waals surface area contributed by atoms with Crippen molar-refractivity contribution >= 4 is 43.2 Å². The minimum absolute atomic E-state index is 0.0352. The first-order chi connectivity index (χ1) is 9.20. The maximum Gasteiger partial charge on any atom is 0.133 e. The first kappa shape index (κ1) is 12.6. The number of aromatic nitrogens is 1. The fourth-order valence-electron chi connectivity index (χ4n) is 2.07. The van der Waals surface area contributed by atoms with E-state index in [1.54, 1.807) is 17.5 Å². The monoisotopic (exact) mass is 334 g/mol. The second kappa shape index (κ2) is 4.92. The van der Waals surface area contributed by atoms with Gasteiger partial charge in [0, 0.05) is 31.7 Å². The number of aliphatic hydroxyl groups is 1. The molecule has 1 aromatic carbocycles. The van der Waals surface area contributed by atoms with E-state index < -0.39 is 0 Å². The number of thiophene rings is 1. The zero-order valence-corrected chi connectivity index (χ0v) is 12.3. The molecule has 0 aliphatic carbocycles. The Morgan fingerprint density at radius 2 is 2.21 bits per heavy atom. The molecule has 2 aromatic heterocycles. The number of anilines is 1. The topological polar surface area (TPSA) is 59.1 Å². The van der Waals surface area contributed by atoms with Crippen molar-refractivity contribution in [1.29, 1.82) is 0 Å². The van der Waals surface area contributed by atoms with Crippen molar-refractivity contribution in [1.82, 2.24) is 4.98 Å². The molecular weight excluding hydrogens is 324 g/mol. The van der Waals surface area contributed by atoms with Crippen LogP contribution >= 0.6 is 27.3 Å². The molecule has 3 rings (SSSR count). The molecule has 0 bridgehead atoms. The predicted octanol–water partition coefficient (Wildman–Crippen LogP) is 3.80. The minimum atomic E-state index is 0.0352. The molecule has 0 saturated carbocycles. The smallest absolute Gasteiger partial charge is 0.133 e. The van der Waals surface area contributed by atoms with Crippen molar-refractivity contribution in [2.75, 3.05) is 5.73 Å². The number of nitrogens with two attached hydrogens (primary N) is 1. The average molecular weight is 335 g/mol. The van der Waals surface area contributed by atoms with E-state index in [2.05, 4.69) is 20.9 Å². The molecule has 0 radical (unpaired) electrons. The van der Waals surface area contributed by atoms with Crippen LogP contribution in [0.5, 0.6) is 0 Å². The molecule has 96 valence electrons. The van der Waals surface area contributed by atoms with Crippen molar-refractivity contribution in [3.05, 3.63) is 45.9 Å². The molecule has 0 aliphatic rings. The second-order valence-corrected chi connectivity index (χ2v) is 5.94. The molecule has 3 N–H and O–H groups in total. The molecule has 5 heteroatoms. The normalized spacial score (nSPS) is 11.1. The Labute approximate surface area is 122 Å². The van der Waals surface area contributed by atoms with Gasteiger partial charge in [0.1, 0.15) is 5.82 Å². The van der Waals surface area contributed by atoms with Crippen LogP contribution in [0.3, 0.4) is 0 Å². The van der Waals surface area contributed by atoms with Crippen molar-refractivity contribution in [2.45, 2.75) is 6.61 Å². The van der Waals surface area contributed by atoms with E-state index in [9.17, 15) is 5.11 Å². The lowest BCUT2D eigenvalue weighted by atomic mass is 10.0. The van der Waals surface area contributed by atoms with Crippen LogP contribution in [0.2, 0.25) is 0 Å². The van der Waals surface area contributed by atoms with Crippen molar-refractivity contribution in [3.63, 3.8) is 0 Å². The Morgan fingerprint density at radius 1 is 1.37 bits per heavy atom. The lowest BCUT2D eigenvalue weighted by Gasteiger charge is -2.06. The van der Waals surface area contributed by atoms with Gasteiger partial charge in [0.25, 0.3) is 0 Å². The van der Waals surface area contributed by atoms with Gasteiger partial charge in [-0.15, -0.1) is 11.3 Å². The average Bonchev–Trinajstić information content (AvgIpc) is 2.82. The zero-order chi connectivity index (χ0) is 13.4. The quantitative estimate of drug-likeness (QED) is 0.749. The van der Waals surface area contributed by atoms with Crippen LogP contribution in [0.25, 0.3) is 21.2 Å². The number of nitrogen functional groups attached to an aromatic ring is 1. The van der Waals surface area contributed by atoms with Gasteiger partial charge in [0.05, 0.1) is 6.61 Å². The molecular formula is C14H11BrN2OS. The fraction of sp³-hybridized carbons (Fsp3) is 0.0714. The lowest BCUT2D eigenvalue weighted by molar-refractivity contribution is 0.282. The number of benzene rings is 1. The first-order valence-corrected chi connectivity index (χ1v) is 7.39. The zero-order valence-electron chi connectivity index (χ0n) is 9.93. The summed E-state index contributed by atoms with van der Waals surface area (Å²) in [5, 5.41) is 12.2. The van der Waals surface area contributed by atoms with Crippen LogP contribution in [0.4, 0.5) is 5.82 Å². The van der Waals surface area contributed by atoms with Crippen LogP contribution in [0, 0.1) is 0 Å². The first-order valence-electron chi connectivity index (χ1n) is 5.72. The highest BCUT2D eigenvalue weighted by molar-refractivity contribution is 9.10. The van der Waals surface area contributed by atoms with E-state index in [-0.39, 0.29) is 6.61 Å². The Hall–Kier alpha value is -1.43. The minimum Gasteiger partial charge on any atom is -0.392 e. The van der Waals surface area contributed by atoms with Gasteiger partial charge in [-0.3, -0.25) is 0 Å². The van der Waals surface area contributed by atoms with E-state index in [1.807, 2.05) is 29.6 Å². The van der Waals surface area contributed by atoms with Gasteiger partial charge in [0.15, 0.2) is 0 Å². The largest absolute Gasteiger partial charge is 0.392 e. The van der Waals surface area contributed by atoms with Gasteiger partial charge in [-0.05, 0) is 33.1 Å². The summed E-state index contributed by atoms with van der Waals surface area (Å²) < 4.78 is 2.08. The van der Waals surface area contributed by atoms with Gasteiger partial charge in [-0.1, -0.05) is 18.2 Å². The third-order valence-electron chi connectivity index (χ3n) is 3.00. The Bertz CT molecular complexity index is 754. The summed E-state index contributed by atoms with van der Waals surface area (Å²) >= 11 is 5.14. The molecule has 0 amide bonds. The summed E-state index contributed by atoms with van der Waals surface area (Å²) in [6, 6.07) is 7.82. The SMILES string of the molecule is Nc1ncc(-c2cccc(CO)c2)c2scc(Br)c12. The predicted molar refractivity (Wildman–Crippen MR) is 83.1 cm³/mol. The molecule has 3 nitrogen and oxygen atoms in total. The summed E-state index contributed by atoms with van der Waals surface area (Å²) in [5.74, 6) is 0.533. The molecule has 19 heavy (non-hydrogen) atoms. The van der Waals surface area contributed by atoms with Crippen LogP contribution in [0.1, 0.15) is 5.56 Å². The second-order valence-electron chi connectivity index (χ2n) is 4.20. The van der Waals surface area contributed by atoms with Crippen LogP contribution in [-0.2, 0) is 6.61 Å². The number of hydrogen-bond donors (Lipinski definition) is 2. The van der Waals surface area contributed by atoms with E-state index in [1.165, 1.54) is 0 Å². The maximum absolute atomic E-state index is 9.23. The molecule has 3 aromatic rings. The summed E-state index contributed by atoms with van der Waals surface area (Å²) in [6.07, 6.45) is 1.79. The van der Waals surface area contributed by atoms with Gasteiger partial charge in [-0.2, -0.15) is 0 Å². The van der Waals surface area contributed by atoms with Gasteiger partial charge < -0.3 is 10.8 Å². The maximum atomic E-state index is 9.23. The van der Waals surface area contributed by atoms with E-state index in [0.29, 0.717) is 5.82 Å². The number of hydrogen-bond acceptors (Lipinski definition) is 4. The molecule has 2 heterocycles. The van der Waals surface area contributed by atoms with Crippen LogP contribution < -0.4 is 5.73 Å². The van der Waals surface area contributed by atoms with Crippen molar-refractivity contribution < 1.29 is 5.11 Å². The lowest BCUT2D eigenvalue weighted by Crippen LogP contribution is -1.92. The van der Waals surface area contributed by atoms with Gasteiger partial charge in [-0.25, -0.2) is 4.98 Å². The number of pyridine rings is 1. The molecule has 0 atom stereocenters. The molecule has 0 fully saturated rings. The third kappa shape index (κ3) is 2.14. The fourth-order valence-corrected chi connectivity index (χ4v) is 3.86. The number of halogens is 1. The van der Waals surface area contributed by atoms with Crippen molar-refractivity contribution in [2.24, 2.45) is 0 Å². The van der Waals surface area contributed by atoms with Crippen molar-refractivity contribution in [3.8, 4) is 11.1 Å². The summed E-state index contributed by atoms with van der Waals surface area (Å²) in [5.41, 5.74) is 8.89. The Balaban J connectivity index is 2.28. The Morgan fingerprint density at radius 3 is 3.00 bits per heavy atom. The van der Waals surface area contributed by atoms with Gasteiger partial charge >= 0.3 is 0 Å². The van der Waals surface area contributed by atoms with Crippen LogP contribution in [0.15, 0.2) is 40.3 Å². The highest BCUT2D eigenvalue weighted by Gasteiger charge is 2.12. The summed E-state index contributed by atoms with van der Waals surface area (Å²) in [6.45, 7) is 0.0352. The van der Waals surface area contributed by atoms with E-state index >= 15 is 0 Å². The van der Waals surface area contributed by atoms with Gasteiger partial charge in [0.2, 0.25) is 0 Å². The number of fused-ring (bicyclic) bond motifs is 1. The highest BCUT2D eigenvalue weighted by Crippen LogP contribution is 2.39. The molecule has 0 saturated heterocycles. The van der Waals surface area contributed by atoms with E-state index in [0.717, 1.165) is 31.2 Å². The molecule has 0 spiro atoms. The molecule has 0 unspecified atom stereocenters. The van der Waals surface area contributed by atoms with Crippen LogP contribution in [-0.4, -0.2) is 10.1 Å². The summed E-state index contributed by atoms with van der Waals surface area (Å²) in [7, 11) is 0. The number of rotatable bonds is 2. The summed E-state index contributed by atoms with van der Waals surface area (Å²) in [4.78, 5) is 4.26. The number of nitrogens with zero attached hydrogens (tertiary/aromatic N) is 1. The van der Waals surface area contributed by atoms with E-state index in [4.69, 9.17) is 5.73 Å². The molecule has 0 aliphatic heterocycles. The third-order valence-corrected chi connectivity index (χ3v) is 4.94. The number of aliphatic hydroxyl groups excluding tert-OH is 1. The standard InChI is InChI=1S/C14H11BrN2OS/c15-11-7-19-13-10(5-17-14(16)12(11)13)9-3-1-2-8(4-9)6-18/h1-5,7,18H,6H2,(H2,16,17). The Kier molecular flexibility index (Phi) is 3.26. The highest BCUT2D eigenvalue weighted by atomic mass is 79.9.